The minimum atomic E-state index is -0.521. The number of carbonyl (C=O) groups excluding carboxylic acids is 2. The smallest absolute Gasteiger partial charge is 0.235 e. The summed E-state index contributed by atoms with van der Waals surface area (Å²) >= 11 is 4.41. The predicted octanol–water partition coefficient (Wildman–Crippen LogP) is 2.97. The molecule has 16 heavy (non-hydrogen) atoms. The molecule has 2 rings (SSSR count). The molecular formula is C11H6BrNO2S. The van der Waals surface area contributed by atoms with E-state index < -0.39 is 11.6 Å². The molecule has 0 aliphatic rings. The van der Waals surface area contributed by atoms with Gasteiger partial charge in [0.25, 0.3) is 0 Å². The number of rotatable bonds is 3. The molecule has 0 bridgehead atoms. The molecule has 1 aromatic carbocycles. The molecule has 0 fully saturated rings. The van der Waals surface area contributed by atoms with Crippen molar-refractivity contribution in [2.24, 2.45) is 0 Å². The van der Waals surface area contributed by atoms with Crippen LogP contribution in [0.2, 0.25) is 0 Å². The fourth-order valence-electron chi connectivity index (χ4n) is 1.21. The molecule has 0 saturated carbocycles. The number of nitrogens with zero attached hydrogens (tertiary/aromatic N) is 1. The van der Waals surface area contributed by atoms with Gasteiger partial charge in [0.1, 0.15) is 0 Å². The maximum atomic E-state index is 11.8. The van der Waals surface area contributed by atoms with Gasteiger partial charge in [-0.3, -0.25) is 9.59 Å². The Morgan fingerprint density at radius 3 is 2.56 bits per heavy atom. The van der Waals surface area contributed by atoms with Crippen molar-refractivity contribution in [3.8, 4) is 0 Å². The number of hydrogen-bond donors (Lipinski definition) is 0. The first-order valence-electron chi connectivity index (χ1n) is 4.42. The molecule has 1 aromatic heterocycles. The van der Waals surface area contributed by atoms with Gasteiger partial charge in [-0.2, -0.15) is 0 Å². The zero-order valence-electron chi connectivity index (χ0n) is 8.01. The maximum Gasteiger partial charge on any atom is 0.235 e. The number of Topliss-reactive ketones (excluding diaryl/α,β-unsaturated/α-hetero) is 2. The second-order valence-electron chi connectivity index (χ2n) is 3.08. The van der Waals surface area contributed by atoms with E-state index in [0.29, 0.717) is 11.1 Å². The number of hydrogen-bond acceptors (Lipinski definition) is 4. The van der Waals surface area contributed by atoms with E-state index in [9.17, 15) is 9.59 Å². The standard InChI is InChI=1S/C11H6BrNO2S/c12-9-3-1-2-7(4-9)10(14)11(15)8-5-13-16-6-8/h1-6H. The molecule has 0 spiro atoms. The van der Waals surface area contributed by atoms with Gasteiger partial charge in [0, 0.05) is 15.4 Å². The van der Waals surface area contributed by atoms with Crippen molar-refractivity contribution in [3.05, 3.63) is 51.4 Å². The number of benzene rings is 1. The van der Waals surface area contributed by atoms with Crippen LogP contribution in [0, 0.1) is 0 Å². The van der Waals surface area contributed by atoms with E-state index in [1.54, 1.807) is 29.6 Å². The first-order chi connectivity index (χ1) is 7.68. The predicted molar refractivity (Wildman–Crippen MR) is 64.9 cm³/mol. The average molecular weight is 296 g/mol. The zero-order valence-corrected chi connectivity index (χ0v) is 10.4. The molecule has 2 aromatic rings. The van der Waals surface area contributed by atoms with Gasteiger partial charge < -0.3 is 0 Å². The van der Waals surface area contributed by atoms with Crippen molar-refractivity contribution in [1.29, 1.82) is 0 Å². The lowest BCUT2D eigenvalue weighted by Crippen LogP contribution is -2.13. The van der Waals surface area contributed by atoms with Crippen molar-refractivity contribution in [2.75, 3.05) is 0 Å². The number of ketones is 2. The Morgan fingerprint density at radius 2 is 1.94 bits per heavy atom. The van der Waals surface area contributed by atoms with E-state index in [2.05, 4.69) is 20.3 Å². The molecule has 0 amide bonds. The van der Waals surface area contributed by atoms with Crippen molar-refractivity contribution in [1.82, 2.24) is 4.37 Å². The van der Waals surface area contributed by atoms with E-state index in [-0.39, 0.29) is 0 Å². The Balaban J connectivity index is 2.30. The van der Waals surface area contributed by atoms with Gasteiger partial charge in [0.2, 0.25) is 11.6 Å². The lowest BCUT2D eigenvalue weighted by Gasteiger charge is -1.98. The van der Waals surface area contributed by atoms with Crippen LogP contribution in [-0.2, 0) is 0 Å². The highest BCUT2D eigenvalue weighted by Crippen LogP contribution is 2.14. The molecule has 0 atom stereocenters. The molecule has 0 N–H and O–H groups in total. The molecule has 5 heteroatoms. The Kier molecular flexibility index (Phi) is 3.26. The van der Waals surface area contributed by atoms with Gasteiger partial charge in [-0.05, 0) is 23.7 Å². The molecule has 0 radical (unpaired) electrons. The van der Waals surface area contributed by atoms with E-state index in [1.165, 1.54) is 6.20 Å². The van der Waals surface area contributed by atoms with E-state index >= 15 is 0 Å². The zero-order chi connectivity index (χ0) is 11.5. The van der Waals surface area contributed by atoms with Crippen LogP contribution >= 0.6 is 27.5 Å². The van der Waals surface area contributed by atoms with Crippen LogP contribution in [0.3, 0.4) is 0 Å². The quantitative estimate of drug-likeness (QED) is 0.646. The Bertz CT molecular complexity index is 537. The van der Waals surface area contributed by atoms with E-state index in [0.717, 1.165) is 16.0 Å². The van der Waals surface area contributed by atoms with Crippen LogP contribution in [0.25, 0.3) is 0 Å². The van der Waals surface area contributed by atoms with Crippen LogP contribution in [0.4, 0.5) is 0 Å². The highest BCUT2D eigenvalue weighted by molar-refractivity contribution is 9.10. The summed E-state index contributed by atoms with van der Waals surface area (Å²) in [7, 11) is 0. The van der Waals surface area contributed by atoms with Crippen LogP contribution in [0.15, 0.2) is 40.3 Å². The monoisotopic (exact) mass is 295 g/mol. The molecule has 3 nitrogen and oxygen atoms in total. The summed E-state index contributed by atoms with van der Waals surface area (Å²) in [5.41, 5.74) is 0.723. The average Bonchev–Trinajstić information content (AvgIpc) is 2.80. The highest BCUT2D eigenvalue weighted by atomic mass is 79.9. The summed E-state index contributed by atoms with van der Waals surface area (Å²) in [6.45, 7) is 0. The van der Waals surface area contributed by atoms with E-state index in [1.807, 2.05) is 0 Å². The summed E-state index contributed by atoms with van der Waals surface area (Å²) in [6.07, 6.45) is 1.41. The third-order valence-electron chi connectivity index (χ3n) is 1.99. The van der Waals surface area contributed by atoms with Gasteiger partial charge >= 0.3 is 0 Å². The number of aromatic nitrogens is 1. The first-order valence-corrected chi connectivity index (χ1v) is 6.05. The minimum absolute atomic E-state index is 0.343. The lowest BCUT2D eigenvalue weighted by molar-refractivity contribution is 0.0817. The van der Waals surface area contributed by atoms with Gasteiger partial charge in [-0.15, -0.1) is 0 Å². The fraction of sp³-hybridized carbons (Fsp3) is 0. The molecule has 0 aliphatic heterocycles. The SMILES string of the molecule is O=C(C(=O)c1cccc(Br)c1)c1cnsc1. The number of carbonyl (C=O) groups is 2. The van der Waals surface area contributed by atoms with Crippen molar-refractivity contribution < 1.29 is 9.59 Å². The van der Waals surface area contributed by atoms with Crippen molar-refractivity contribution in [3.63, 3.8) is 0 Å². The normalized spacial score (nSPS) is 10.1. The Labute approximate surface area is 104 Å². The summed E-state index contributed by atoms with van der Waals surface area (Å²) < 4.78 is 4.57. The molecular weight excluding hydrogens is 290 g/mol. The third-order valence-corrected chi connectivity index (χ3v) is 3.07. The van der Waals surface area contributed by atoms with Crippen LogP contribution in [0.5, 0.6) is 0 Å². The Morgan fingerprint density at radius 1 is 1.19 bits per heavy atom. The van der Waals surface area contributed by atoms with Gasteiger partial charge in [-0.1, -0.05) is 28.1 Å². The second-order valence-corrected chi connectivity index (χ2v) is 4.65. The second kappa shape index (κ2) is 4.67. The number of halogens is 1. The minimum Gasteiger partial charge on any atom is -0.285 e. The van der Waals surface area contributed by atoms with Crippen LogP contribution < -0.4 is 0 Å². The fourth-order valence-corrected chi connectivity index (χ4v) is 2.12. The third kappa shape index (κ3) is 2.25. The van der Waals surface area contributed by atoms with Gasteiger partial charge in [-0.25, -0.2) is 4.37 Å². The first kappa shape index (κ1) is 11.2. The van der Waals surface area contributed by atoms with Crippen LogP contribution in [0.1, 0.15) is 20.7 Å². The van der Waals surface area contributed by atoms with Gasteiger partial charge in [0.15, 0.2) is 0 Å². The summed E-state index contributed by atoms with van der Waals surface area (Å²) in [4.78, 5) is 23.5. The van der Waals surface area contributed by atoms with Crippen molar-refractivity contribution in [2.45, 2.75) is 0 Å². The summed E-state index contributed by atoms with van der Waals surface area (Å²) in [6, 6.07) is 6.76. The van der Waals surface area contributed by atoms with Crippen molar-refractivity contribution >= 4 is 39.0 Å². The lowest BCUT2D eigenvalue weighted by atomic mass is 10.0. The van der Waals surface area contributed by atoms with Gasteiger partial charge in [0.05, 0.1) is 11.8 Å². The van der Waals surface area contributed by atoms with Crippen LogP contribution in [-0.4, -0.2) is 15.9 Å². The largest absolute Gasteiger partial charge is 0.285 e. The summed E-state index contributed by atoms with van der Waals surface area (Å²) in [5.74, 6) is -1.03. The molecule has 0 saturated heterocycles. The van der Waals surface area contributed by atoms with E-state index in [4.69, 9.17) is 0 Å². The molecule has 0 unspecified atom stereocenters. The molecule has 0 aliphatic carbocycles. The molecule has 80 valence electrons. The topological polar surface area (TPSA) is 47.0 Å². The highest BCUT2D eigenvalue weighted by Gasteiger charge is 2.18. The summed E-state index contributed by atoms with van der Waals surface area (Å²) in [5, 5.41) is 1.57. The molecule has 1 heterocycles. The Hall–Kier alpha value is -1.33. The maximum absolute atomic E-state index is 11.8.